The predicted octanol–water partition coefficient (Wildman–Crippen LogP) is 0.228. The molecule has 0 aliphatic carbocycles. The first-order valence-corrected chi connectivity index (χ1v) is 10.3. The molecular weight excluding hydrogens is 390 g/mol. The minimum Gasteiger partial charge on any atom is -0.452 e. The van der Waals surface area contributed by atoms with Crippen LogP contribution in [0.2, 0.25) is 0 Å². The smallest absolute Gasteiger partial charge is 0.409 e. The Kier molecular flexibility index (Phi) is 7.35. The second-order valence-electron chi connectivity index (χ2n) is 6.17. The van der Waals surface area contributed by atoms with E-state index in [9.17, 15) is 22.8 Å². The van der Waals surface area contributed by atoms with E-state index in [4.69, 9.17) is 14.6 Å². The predicted molar refractivity (Wildman–Crippen MR) is 97.9 cm³/mol. The molecule has 0 bridgehead atoms. The molecule has 1 heterocycles. The number of rotatable bonds is 6. The van der Waals surface area contributed by atoms with Crippen LogP contribution in [0.3, 0.4) is 0 Å². The number of ether oxygens (including phenoxy) is 2. The highest BCUT2D eigenvalue weighted by atomic mass is 32.2. The summed E-state index contributed by atoms with van der Waals surface area (Å²) in [6.07, 6.45) is 0.788. The van der Waals surface area contributed by atoms with E-state index in [2.05, 4.69) is 5.32 Å². The molecule has 28 heavy (non-hydrogen) atoms. The van der Waals surface area contributed by atoms with Crippen molar-refractivity contribution >= 4 is 28.0 Å². The quantitative estimate of drug-likeness (QED) is 0.635. The topological polar surface area (TPSA) is 145 Å². The number of piperidine rings is 1. The zero-order chi connectivity index (χ0) is 20.7. The third-order valence-corrected chi connectivity index (χ3v) is 5.07. The zero-order valence-electron chi connectivity index (χ0n) is 15.4. The Balaban J connectivity index is 1.75. The van der Waals surface area contributed by atoms with Crippen molar-refractivity contribution < 1.29 is 32.3 Å². The number of carbonyl (C=O) groups is 3. The first-order valence-electron chi connectivity index (χ1n) is 8.71. The van der Waals surface area contributed by atoms with Crippen molar-refractivity contribution in [3.8, 4) is 0 Å². The second kappa shape index (κ2) is 9.51. The highest BCUT2D eigenvalue weighted by Gasteiger charge is 2.24. The van der Waals surface area contributed by atoms with Crippen LogP contribution in [-0.2, 0) is 24.3 Å². The summed E-state index contributed by atoms with van der Waals surface area (Å²) in [6.45, 7) is 2.53. The largest absolute Gasteiger partial charge is 0.452 e. The Bertz CT molecular complexity index is 816. The Hall–Kier alpha value is -2.66. The number of primary sulfonamides is 1. The molecule has 1 aromatic rings. The highest BCUT2D eigenvalue weighted by Crippen LogP contribution is 2.12. The molecule has 0 unspecified atom stereocenters. The molecular formula is C17H23N3O7S. The number of esters is 1. The van der Waals surface area contributed by atoms with E-state index in [1.807, 2.05) is 0 Å². The van der Waals surface area contributed by atoms with Crippen LogP contribution in [0.15, 0.2) is 29.2 Å². The van der Waals surface area contributed by atoms with E-state index < -0.39 is 28.5 Å². The zero-order valence-corrected chi connectivity index (χ0v) is 16.2. The number of hydrogen-bond donors (Lipinski definition) is 2. The van der Waals surface area contributed by atoms with Crippen molar-refractivity contribution in [1.29, 1.82) is 0 Å². The SMILES string of the molecule is CCOC(=O)N1CCC(NC(=O)COC(=O)c2ccc(S(N)(=O)=O)cc2)CC1. The highest BCUT2D eigenvalue weighted by molar-refractivity contribution is 7.89. The molecule has 0 spiro atoms. The van der Waals surface area contributed by atoms with E-state index in [0.717, 1.165) is 0 Å². The Morgan fingerprint density at radius 2 is 1.75 bits per heavy atom. The normalized spacial score (nSPS) is 15.0. The van der Waals surface area contributed by atoms with E-state index in [1.165, 1.54) is 24.3 Å². The fourth-order valence-electron chi connectivity index (χ4n) is 2.69. The number of sulfonamides is 1. The number of likely N-dealkylation sites (tertiary alicyclic amines) is 1. The molecule has 1 aromatic carbocycles. The number of benzene rings is 1. The molecule has 1 saturated heterocycles. The number of nitrogens with zero attached hydrogens (tertiary/aromatic N) is 1. The summed E-state index contributed by atoms with van der Waals surface area (Å²) >= 11 is 0. The Labute approximate surface area is 163 Å². The number of amides is 2. The first-order chi connectivity index (χ1) is 13.2. The van der Waals surface area contributed by atoms with E-state index in [1.54, 1.807) is 11.8 Å². The molecule has 1 fully saturated rings. The van der Waals surface area contributed by atoms with Gasteiger partial charge in [-0.05, 0) is 44.0 Å². The molecule has 2 rings (SSSR count). The average molecular weight is 413 g/mol. The lowest BCUT2D eigenvalue weighted by molar-refractivity contribution is -0.125. The summed E-state index contributed by atoms with van der Waals surface area (Å²) in [6, 6.07) is 4.76. The van der Waals surface area contributed by atoms with Gasteiger partial charge in [0.05, 0.1) is 17.1 Å². The fraction of sp³-hybridized carbons (Fsp3) is 0.471. The Morgan fingerprint density at radius 3 is 2.29 bits per heavy atom. The van der Waals surface area contributed by atoms with Crippen LogP contribution in [-0.4, -0.2) is 63.6 Å². The molecule has 0 radical (unpaired) electrons. The van der Waals surface area contributed by atoms with Gasteiger partial charge < -0.3 is 19.7 Å². The standard InChI is InChI=1S/C17H23N3O7S/c1-2-26-17(23)20-9-7-13(8-10-20)19-15(21)11-27-16(22)12-3-5-14(6-4-12)28(18,24)25/h3-6,13H,2,7-11H2,1H3,(H,19,21)(H2,18,24,25). The van der Waals surface area contributed by atoms with Gasteiger partial charge in [-0.1, -0.05) is 0 Å². The fourth-order valence-corrected chi connectivity index (χ4v) is 3.20. The van der Waals surface area contributed by atoms with Crippen LogP contribution in [0.25, 0.3) is 0 Å². The molecule has 0 atom stereocenters. The lowest BCUT2D eigenvalue weighted by atomic mass is 10.1. The van der Waals surface area contributed by atoms with Crippen molar-refractivity contribution in [2.75, 3.05) is 26.3 Å². The van der Waals surface area contributed by atoms with Crippen LogP contribution in [0.1, 0.15) is 30.1 Å². The monoisotopic (exact) mass is 413 g/mol. The molecule has 0 saturated carbocycles. The van der Waals surface area contributed by atoms with Crippen molar-refractivity contribution in [2.24, 2.45) is 5.14 Å². The Morgan fingerprint density at radius 1 is 1.14 bits per heavy atom. The molecule has 11 heteroatoms. The van der Waals surface area contributed by atoms with Gasteiger partial charge in [0.25, 0.3) is 5.91 Å². The summed E-state index contributed by atoms with van der Waals surface area (Å²) < 4.78 is 32.2. The van der Waals surface area contributed by atoms with Crippen molar-refractivity contribution in [2.45, 2.75) is 30.7 Å². The maximum atomic E-state index is 12.0. The lowest BCUT2D eigenvalue weighted by Gasteiger charge is -2.31. The number of carbonyl (C=O) groups excluding carboxylic acids is 3. The van der Waals surface area contributed by atoms with Gasteiger partial charge in [-0.2, -0.15) is 0 Å². The van der Waals surface area contributed by atoms with Crippen LogP contribution < -0.4 is 10.5 Å². The van der Waals surface area contributed by atoms with Gasteiger partial charge in [-0.3, -0.25) is 4.79 Å². The maximum absolute atomic E-state index is 12.0. The molecule has 3 N–H and O–H groups in total. The summed E-state index contributed by atoms with van der Waals surface area (Å²) in [4.78, 5) is 37.0. The van der Waals surface area contributed by atoms with Crippen LogP contribution >= 0.6 is 0 Å². The third kappa shape index (κ3) is 6.20. The summed E-state index contributed by atoms with van der Waals surface area (Å²) in [5.74, 6) is -1.21. The molecule has 1 aliphatic heterocycles. The average Bonchev–Trinajstić information content (AvgIpc) is 2.66. The van der Waals surface area contributed by atoms with Gasteiger partial charge in [0.15, 0.2) is 6.61 Å². The van der Waals surface area contributed by atoms with Crippen LogP contribution in [0.4, 0.5) is 4.79 Å². The van der Waals surface area contributed by atoms with E-state index >= 15 is 0 Å². The summed E-state index contributed by atoms with van der Waals surface area (Å²) in [5.41, 5.74) is 0.0999. The minimum atomic E-state index is -3.85. The van der Waals surface area contributed by atoms with Gasteiger partial charge in [-0.15, -0.1) is 0 Å². The molecule has 1 aliphatic rings. The van der Waals surface area contributed by atoms with Gasteiger partial charge in [0.1, 0.15) is 0 Å². The van der Waals surface area contributed by atoms with Crippen molar-refractivity contribution in [3.05, 3.63) is 29.8 Å². The van der Waals surface area contributed by atoms with Crippen molar-refractivity contribution in [3.63, 3.8) is 0 Å². The van der Waals surface area contributed by atoms with E-state index in [-0.39, 0.29) is 22.6 Å². The van der Waals surface area contributed by atoms with E-state index in [0.29, 0.717) is 32.5 Å². The van der Waals surface area contributed by atoms with Gasteiger partial charge in [0, 0.05) is 19.1 Å². The summed E-state index contributed by atoms with van der Waals surface area (Å²) in [7, 11) is -3.85. The molecule has 154 valence electrons. The minimum absolute atomic E-state index is 0.0999. The van der Waals surface area contributed by atoms with Gasteiger partial charge in [0.2, 0.25) is 10.0 Å². The lowest BCUT2D eigenvalue weighted by Crippen LogP contribution is -2.47. The number of hydrogen-bond acceptors (Lipinski definition) is 7. The first kappa shape index (κ1) is 21.6. The van der Waals surface area contributed by atoms with Crippen LogP contribution in [0.5, 0.6) is 0 Å². The molecule has 10 nitrogen and oxygen atoms in total. The van der Waals surface area contributed by atoms with Crippen molar-refractivity contribution in [1.82, 2.24) is 10.2 Å². The third-order valence-electron chi connectivity index (χ3n) is 4.14. The second-order valence-corrected chi connectivity index (χ2v) is 7.73. The number of nitrogens with one attached hydrogen (secondary N) is 1. The van der Waals surface area contributed by atoms with Gasteiger partial charge in [-0.25, -0.2) is 23.1 Å². The molecule has 2 amide bonds. The number of nitrogens with two attached hydrogens (primary N) is 1. The maximum Gasteiger partial charge on any atom is 0.409 e. The van der Waals surface area contributed by atoms with Gasteiger partial charge >= 0.3 is 12.1 Å². The molecule has 0 aromatic heterocycles. The summed E-state index contributed by atoms with van der Waals surface area (Å²) in [5, 5.41) is 7.74. The van der Waals surface area contributed by atoms with Crippen LogP contribution in [0, 0.1) is 0 Å².